The lowest BCUT2D eigenvalue weighted by Gasteiger charge is -2.14. The Morgan fingerprint density at radius 2 is 2.30 bits per heavy atom. The van der Waals surface area contributed by atoms with Gasteiger partial charge in [0.2, 0.25) is 0 Å². The average Bonchev–Trinajstić information content (AvgIpc) is 3.04. The van der Waals surface area contributed by atoms with E-state index in [9.17, 15) is 0 Å². The fourth-order valence-corrected chi connectivity index (χ4v) is 4.41. The summed E-state index contributed by atoms with van der Waals surface area (Å²) in [5.41, 5.74) is 1.12. The smallest absolute Gasteiger partial charge is 0.129 e. The molecule has 2 aromatic heterocycles. The molecule has 1 atom stereocenters. The van der Waals surface area contributed by atoms with E-state index in [1.54, 1.807) is 22.7 Å². The molecule has 0 amide bonds. The standard InChI is InChI=1S/C15H17NOS3/c1-3-10(8-18)7-17-12-6-13-14(16-9(2)20-13)15-11(12)4-5-19-15/h4-6,10,18H,3,7-8H2,1-2H3. The topological polar surface area (TPSA) is 22.1 Å². The molecule has 0 aliphatic heterocycles. The van der Waals surface area contributed by atoms with E-state index in [0.29, 0.717) is 5.92 Å². The molecule has 1 unspecified atom stereocenters. The van der Waals surface area contributed by atoms with Crippen molar-refractivity contribution >= 4 is 55.6 Å². The maximum Gasteiger partial charge on any atom is 0.129 e. The van der Waals surface area contributed by atoms with Gasteiger partial charge in [0.05, 0.1) is 26.5 Å². The molecule has 0 saturated carbocycles. The van der Waals surface area contributed by atoms with Gasteiger partial charge in [0.15, 0.2) is 0 Å². The minimum atomic E-state index is 0.505. The average molecular weight is 324 g/mol. The van der Waals surface area contributed by atoms with Gasteiger partial charge in [-0.25, -0.2) is 4.98 Å². The highest BCUT2D eigenvalue weighted by Gasteiger charge is 2.13. The van der Waals surface area contributed by atoms with Crippen LogP contribution in [-0.2, 0) is 0 Å². The van der Waals surface area contributed by atoms with Crippen LogP contribution in [0, 0.1) is 12.8 Å². The van der Waals surface area contributed by atoms with Crippen molar-refractivity contribution in [3.63, 3.8) is 0 Å². The number of thiazole rings is 1. The van der Waals surface area contributed by atoms with Crippen LogP contribution < -0.4 is 4.74 Å². The minimum absolute atomic E-state index is 0.505. The molecule has 0 saturated heterocycles. The molecule has 0 N–H and O–H groups in total. The molecule has 2 heterocycles. The lowest BCUT2D eigenvalue weighted by Crippen LogP contribution is -2.12. The Morgan fingerprint density at radius 1 is 1.45 bits per heavy atom. The van der Waals surface area contributed by atoms with Crippen LogP contribution in [0.5, 0.6) is 5.75 Å². The SMILES string of the molecule is CCC(CS)COc1cc2sc(C)nc2c2sccc12. The van der Waals surface area contributed by atoms with Crippen LogP contribution in [0.2, 0.25) is 0 Å². The lowest BCUT2D eigenvalue weighted by molar-refractivity contribution is 0.262. The van der Waals surface area contributed by atoms with Gasteiger partial charge in [-0.2, -0.15) is 12.6 Å². The second-order valence-corrected chi connectivity index (χ2v) is 7.40. The van der Waals surface area contributed by atoms with Gasteiger partial charge in [-0.1, -0.05) is 6.92 Å². The van der Waals surface area contributed by atoms with Crippen LogP contribution in [0.25, 0.3) is 20.3 Å². The van der Waals surface area contributed by atoms with Gasteiger partial charge < -0.3 is 4.74 Å². The number of fused-ring (bicyclic) bond motifs is 3. The first-order valence-electron chi connectivity index (χ1n) is 6.74. The van der Waals surface area contributed by atoms with E-state index in [0.717, 1.165) is 35.1 Å². The van der Waals surface area contributed by atoms with Crippen LogP contribution in [-0.4, -0.2) is 17.3 Å². The quantitative estimate of drug-likeness (QED) is 0.656. The highest BCUT2D eigenvalue weighted by molar-refractivity contribution is 7.80. The first-order valence-corrected chi connectivity index (χ1v) is 9.06. The molecule has 0 radical (unpaired) electrons. The monoisotopic (exact) mass is 323 g/mol. The van der Waals surface area contributed by atoms with Crippen molar-refractivity contribution in [3.05, 3.63) is 22.5 Å². The normalized spacial score (nSPS) is 13.2. The minimum Gasteiger partial charge on any atom is -0.493 e. The van der Waals surface area contributed by atoms with Gasteiger partial charge in [0, 0.05) is 17.4 Å². The molecule has 3 rings (SSSR count). The summed E-state index contributed by atoms with van der Waals surface area (Å²) in [7, 11) is 0. The van der Waals surface area contributed by atoms with Gasteiger partial charge in [0.1, 0.15) is 5.75 Å². The molecule has 0 spiro atoms. The highest BCUT2D eigenvalue weighted by Crippen LogP contribution is 2.39. The summed E-state index contributed by atoms with van der Waals surface area (Å²) < 4.78 is 8.53. The summed E-state index contributed by atoms with van der Waals surface area (Å²) in [4.78, 5) is 4.64. The number of rotatable bonds is 5. The summed E-state index contributed by atoms with van der Waals surface area (Å²) in [5.74, 6) is 2.36. The molecule has 1 aromatic carbocycles. The van der Waals surface area contributed by atoms with Crippen molar-refractivity contribution in [2.24, 2.45) is 5.92 Å². The third-order valence-electron chi connectivity index (χ3n) is 3.48. The van der Waals surface area contributed by atoms with E-state index in [2.05, 4.69) is 49.0 Å². The van der Waals surface area contributed by atoms with Crippen LogP contribution >= 0.6 is 35.3 Å². The predicted octanol–water partition coefficient (Wildman–Crippen LogP) is 5.15. The molecule has 2 nitrogen and oxygen atoms in total. The van der Waals surface area contributed by atoms with Crippen molar-refractivity contribution < 1.29 is 4.74 Å². The molecule has 0 fully saturated rings. The number of ether oxygens (including phenoxy) is 1. The van der Waals surface area contributed by atoms with Crippen molar-refractivity contribution in [1.29, 1.82) is 0 Å². The van der Waals surface area contributed by atoms with E-state index in [1.807, 2.05) is 0 Å². The first kappa shape index (κ1) is 14.2. The molecule has 20 heavy (non-hydrogen) atoms. The summed E-state index contributed by atoms with van der Waals surface area (Å²) in [5, 5.41) is 4.40. The number of benzene rings is 1. The van der Waals surface area contributed by atoms with Crippen molar-refractivity contribution in [2.75, 3.05) is 12.4 Å². The largest absolute Gasteiger partial charge is 0.493 e. The Morgan fingerprint density at radius 3 is 3.05 bits per heavy atom. The highest BCUT2D eigenvalue weighted by atomic mass is 32.1. The zero-order chi connectivity index (χ0) is 14.1. The molecular formula is C15H17NOS3. The zero-order valence-corrected chi connectivity index (χ0v) is 14.1. The van der Waals surface area contributed by atoms with Gasteiger partial charge >= 0.3 is 0 Å². The Bertz CT molecular complexity index is 727. The molecule has 5 heteroatoms. The van der Waals surface area contributed by atoms with Crippen LogP contribution in [0.1, 0.15) is 18.4 Å². The van der Waals surface area contributed by atoms with Gasteiger partial charge in [0.25, 0.3) is 0 Å². The van der Waals surface area contributed by atoms with Crippen LogP contribution in [0.4, 0.5) is 0 Å². The lowest BCUT2D eigenvalue weighted by atomic mass is 10.1. The first-order chi connectivity index (χ1) is 9.72. The third kappa shape index (κ3) is 2.54. The van der Waals surface area contributed by atoms with E-state index >= 15 is 0 Å². The van der Waals surface area contributed by atoms with E-state index in [4.69, 9.17) is 4.74 Å². The number of hydrogen-bond acceptors (Lipinski definition) is 5. The van der Waals surface area contributed by atoms with Crippen molar-refractivity contribution in [2.45, 2.75) is 20.3 Å². The Hall–Kier alpha value is -0.780. The Balaban J connectivity index is 2.02. The van der Waals surface area contributed by atoms with E-state index in [-0.39, 0.29) is 0 Å². The number of thiol groups is 1. The summed E-state index contributed by atoms with van der Waals surface area (Å²) in [6.45, 7) is 4.97. The second kappa shape index (κ2) is 5.92. The summed E-state index contributed by atoms with van der Waals surface area (Å²) in [6, 6.07) is 4.27. The third-order valence-corrected chi connectivity index (χ3v) is 5.83. The second-order valence-electron chi connectivity index (χ2n) is 4.89. The predicted molar refractivity (Wildman–Crippen MR) is 92.9 cm³/mol. The maximum atomic E-state index is 6.08. The van der Waals surface area contributed by atoms with E-state index in [1.165, 1.54) is 14.8 Å². The van der Waals surface area contributed by atoms with Crippen LogP contribution in [0.15, 0.2) is 17.5 Å². The van der Waals surface area contributed by atoms with Gasteiger partial charge in [-0.3, -0.25) is 0 Å². The van der Waals surface area contributed by atoms with E-state index < -0.39 is 0 Å². The number of nitrogens with zero attached hydrogens (tertiary/aromatic N) is 1. The maximum absolute atomic E-state index is 6.08. The van der Waals surface area contributed by atoms with Gasteiger partial charge in [-0.15, -0.1) is 22.7 Å². The fraction of sp³-hybridized carbons (Fsp3) is 0.400. The Kier molecular flexibility index (Phi) is 4.19. The molecule has 0 bridgehead atoms. The number of hydrogen-bond donors (Lipinski definition) is 1. The fourth-order valence-electron chi connectivity index (χ4n) is 2.21. The summed E-state index contributed by atoms with van der Waals surface area (Å²) >= 11 is 7.85. The molecule has 0 aliphatic carbocycles. The number of aromatic nitrogens is 1. The van der Waals surface area contributed by atoms with Crippen molar-refractivity contribution in [3.8, 4) is 5.75 Å². The van der Waals surface area contributed by atoms with Crippen LogP contribution in [0.3, 0.4) is 0 Å². The Labute approximate surface area is 132 Å². The van der Waals surface area contributed by atoms with Crippen molar-refractivity contribution in [1.82, 2.24) is 4.98 Å². The molecule has 3 aromatic rings. The molecular weight excluding hydrogens is 306 g/mol. The number of thiophene rings is 1. The number of aryl methyl sites for hydroxylation is 1. The van der Waals surface area contributed by atoms with Gasteiger partial charge in [-0.05, 0) is 30.5 Å². The molecule has 106 valence electrons. The molecule has 0 aliphatic rings. The zero-order valence-electron chi connectivity index (χ0n) is 11.5. The summed E-state index contributed by atoms with van der Waals surface area (Å²) in [6.07, 6.45) is 1.10.